The number of carbonyl (C=O) groups is 2. The van der Waals surface area contributed by atoms with Crippen LogP contribution in [0, 0.1) is 18.6 Å². The zero-order chi connectivity index (χ0) is 28.0. The Kier molecular flexibility index (Phi) is 10.2. The van der Waals surface area contributed by atoms with Gasteiger partial charge in [0.2, 0.25) is 21.8 Å². The fraction of sp³-hybridized carbons (Fsp3) is 0.481. The summed E-state index contributed by atoms with van der Waals surface area (Å²) in [6.07, 6.45) is 1.43. The summed E-state index contributed by atoms with van der Waals surface area (Å²) < 4.78 is 52.8. The average molecular weight is 538 g/mol. The van der Waals surface area contributed by atoms with Gasteiger partial charge in [-0.15, -0.1) is 0 Å². The fourth-order valence-corrected chi connectivity index (χ4v) is 4.94. The predicted octanol–water partition coefficient (Wildman–Crippen LogP) is 4.54. The zero-order valence-corrected chi connectivity index (χ0v) is 23.2. The number of rotatable bonds is 11. The SMILES string of the molecule is CC[C@H](C(=O)NC(C)(C)C)N(Cc1ccccc1C)C(=O)CCCN(c1ccc(F)c(F)c1)S(C)(=O)=O. The van der Waals surface area contributed by atoms with Gasteiger partial charge < -0.3 is 10.2 Å². The Morgan fingerprint density at radius 1 is 1.05 bits per heavy atom. The summed E-state index contributed by atoms with van der Waals surface area (Å²) in [7, 11) is -3.82. The van der Waals surface area contributed by atoms with Crippen LogP contribution in [0.3, 0.4) is 0 Å². The lowest BCUT2D eigenvalue weighted by atomic mass is 10.0. The van der Waals surface area contributed by atoms with Crippen molar-refractivity contribution in [3.63, 3.8) is 0 Å². The van der Waals surface area contributed by atoms with Gasteiger partial charge in [-0.2, -0.15) is 0 Å². The van der Waals surface area contributed by atoms with Gasteiger partial charge in [0, 0.05) is 31.1 Å². The molecular weight excluding hydrogens is 500 g/mol. The number of hydrogen-bond donors (Lipinski definition) is 1. The zero-order valence-electron chi connectivity index (χ0n) is 22.3. The van der Waals surface area contributed by atoms with Gasteiger partial charge in [0.05, 0.1) is 11.9 Å². The molecule has 0 unspecified atom stereocenters. The van der Waals surface area contributed by atoms with Crippen molar-refractivity contribution in [2.45, 2.75) is 72.0 Å². The van der Waals surface area contributed by atoms with Gasteiger partial charge in [-0.3, -0.25) is 13.9 Å². The van der Waals surface area contributed by atoms with Crippen LogP contribution in [0.4, 0.5) is 14.5 Å². The third kappa shape index (κ3) is 8.80. The molecule has 0 saturated heterocycles. The Labute approximate surface area is 218 Å². The Morgan fingerprint density at radius 2 is 1.70 bits per heavy atom. The highest BCUT2D eigenvalue weighted by Crippen LogP contribution is 2.22. The van der Waals surface area contributed by atoms with Crippen LogP contribution < -0.4 is 9.62 Å². The van der Waals surface area contributed by atoms with Crippen molar-refractivity contribution < 1.29 is 26.8 Å². The van der Waals surface area contributed by atoms with E-state index in [1.165, 1.54) is 11.0 Å². The molecule has 0 saturated carbocycles. The first-order valence-electron chi connectivity index (χ1n) is 12.2. The Balaban J connectivity index is 2.27. The van der Waals surface area contributed by atoms with Crippen molar-refractivity contribution in [3.8, 4) is 0 Å². The number of benzene rings is 2. The number of sulfonamides is 1. The molecule has 0 aliphatic heterocycles. The van der Waals surface area contributed by atoms with Crippen molar-refractivity contribution in [3.05, 3.63) is 65.2 Å². The molecule has 0 heterocycles. The maximum absolute atomic E-state index is 13.7. The van der Waals surface area contributed by atoms with E-state index in [9.17, 15) is 26.8 Å². The summed E-state index contributed by atoms with van der Waals surface area (Å²) in [5, 5.41) is 2.94. The van der Waals surface area contributed by atoms with Gasteiger partial charge in [0.25, 0.3) is 0 Å². The van der Waals surface area contributed by atoms with E-state index >= 15 is 0 Å². The minimum absolute atomic E-state index is 0.0263. The summed E-state index contributed by atoms with van der Waals surface area (Å²) in [6, 6.07) is 9.72. The first-order chi connectivity index (χ1) is 17.1. The standard InChI is InChI=1S/C27H37F2N3O4S/c1-7-24(26(34)30-27(3,4)5)31(18-20-12-9-8-11-19(20)2)25(33)13-10-16-32(37(6,35)36)21-14-15-22(28)23(29)17-21/h8-9,11-12,14-15,17,24H,7,10,13,16,18H2,1-6H3,(H,30,34)/t24-/m1/s1. The van der Waals surface area contributed by atoms with Gasteiger partial charge >= 0.3 is 0 Å². The third-order valence-corrected chi connectivity index (χ3v) is 7.02. The van der Waals surface area contributed by atoms with Crippen LogP contribution in [-0.2, 0) is 26.2 Å². The van der Waals surface area contributed by atoms with E-state index in [1.54, 1.807) is 0 Å². The third-order valence-electron chi connectivity index (χ3n) is 5.83. The van der Waals surface area contributed by atoms with E-state index in [0.29, 0.717) is 6.42 Å². The molecule has 0 aromatic heterocycles. The second kappa shape index (κ2) is 12.5. The molecule has 0 aliphatic carbocycles. The molecule has 37 heavy (non-hydrogen) atoms. The normalized spacial score (nSPS) is 12.6. The van der Waals surface area contributed by atoms with Crippen LogP contribution in [0.5, 0.6) is 0 Å². The lowest BCUT2D eigenvalue weighted by molar-refractivity contribution is -0.142. The molecule has 1 N–H and O–H groups in total. The summed E-state index contributed by atoms with van der Waals surface area (Å²) in [6.45, 7) is 9.47. The molecule has 0 aliphatic rings. The van der Waals surface area contributed by atoms with Crippen molar-refractivity contribution in [1.82, 2.24) is 10.2 Å². The Bertz CT molecular complexity index is 1210. The molecule has 7 nitrogen and oxygen atoms in total. The van der Waals surface area contributed by atoms with Crippen molar-refractivity contribution in [2.24, 2.45) is 0 Å². The van der Waals surface area contributed by atoms with Crippen molar-refractivity contribution in [2.75, 3.05) is 17.1 Å². The largest absolute Gasteiger partial charge is 0.350 e. The number of amides is 2. The fourth-order valence-electron chi connectivity index (χ4n) is 3.99. The molecule has 0 radical (unpaired) electrons. The van der Waals surface area contributed by atoms with E-state index in [2.05, 4.69) is 5.32 Å². The predicted molar refractivity (Wildman–Crippen MR) is 141 cm³/mol. The number of aryl methyl sites for hydroxylation is 1. The number of carbonyl (C=O) groups excluding carboxylic acids is 2. The smallest absolute Gasteiger partial charge is 0.243 e. The molecule has 2 rings (SSSR count). The van der Waals surface area contributed by atoms with Crippen molar-refractivity contribution in [1.29, 1.82) is 0 Å². The molecule has 1 atom stereocenters. The molecule has 2 amide bonds. The highest BCUT2D eigenvalue weighted by molar-refractivity contribution is 7.92. The summed E-state index contributed by atoms with van der Waals surface area (Å²) >= 11 is 0. The van der Waals surface area contributed by atoms with E-state index in [0.717, 1.165) is 33.8 Å². The number of nitrogens with zero attached hydrogens (tertiary/aromatic N) is 2. The maximum atomic E-state index is 13.7. The van der Waals surface area contributed by atoms with Gasteiger partial charge in [-0.05, 0) is 63.8 Å². The number of nitrogens with one attached hydrogen (secondary N) is 1. The highest BCUT2D eigenvalue weighted by atomic mass is 32.2. The number of anilines is 1. The molecular formula is C27H37F2N3O4S. The van der Waals surface area contributed by atoms with Crippen LogP contribution in [0.15, 0.2) is 42.5 Å². The quantitative estimate of drug-likeness (QED) is 0.456. The highest BCUT2D eigenvalue weighted by Gasteiger charge is 2.31. The first-order valence-corrected chi connectivity index (χ1v) is 14.1. The molecule has 0 bridgehead atoms. The summed E-state index contributed by atoms with van der Waals surface area (Å²) in [5.74, 6) is -2.82. The van der Waals surface area contributed by atoms with Crippen LogP contribution in [-0.4, -0.2) is 49.5 Å². The van der Waals surface area contributed by atoms with Crippen LogP contribution >= 0.6 is 0 Å². The lowest BCUT2D eigenvalue weighted by Crippen LogP contribution is -2.53. The molecule has 2 aromatic carbocycles. The van der Waals surface area contributed by atoms with Crippen molar-refractivity contribution >= 4 is 27.5 Å². The number of hydrogen-bond acceptors (Lipinski definition) is 4. The topological polar surface area (TPSA) is 86.8 Å². The molecule has 0 fully saturated rings. The van der Waals surface area contributed by atoms with Crippen LogP contribution in [0.1, 0.15) is 58.1 Å². The minimum atomic E-state index is -3.82. The van der Waals surface area contributed by atoms with Gasteiger partial charge in [-0.1, -0.05) is 31.2 Å². The van der Waals surface area contributed by atoms with E-state index in [-0.39, 0.29) is 43.4 Å². The summed E-state index contributed by atoms with van der Waals surface area (Å²) in [4.78, 5) is 28.1. The van der Waals surface area contributed by atoms with Gasteiger partial charge in [0.15, 0.2) is 11.6 Å². The molecule has 204 valence electrons. The Morgan fingerprint density at radius 3 is 2.24 bits per heavy atom. The molecule has 2 aromatic rings. The lowest BCUT2D eigenvalue weighted by Gasteiger charge is -2.33. The number of halogens is 2. The van der Waals surface area contributed by atoms with Crippen LogP contribution in [0.25, 0.3) is 0 Å². The molecule has 0 spiro atoms. The second-order valence-corrected chi connectivity index (χ2v) is 12.1. The van der Waals surface area contributed by atoms with Crippen LogP contribution in [0.2, 0.25) is 0 Å². The maximum Gasteiger partial charge on any atom is 0.243 e. The van der Waals surface area contributed by atoms with E-state index < -0.39 is 33.2 Å². The van der Waals surface area contributed by atoms with Gasteiger partial charge in [-0.25, -0.2) is 17.2 Å². The summed E-state index contributed by atoms with van der Waals surface area (Å²) in [5.41, 5.74) is 1.37. The molecule has 10 heteroatoms. The monoisotopic (exact) mass is 537 g/mol. The van der Waals surface area contributed by atoms with E-state index in [4.69, 9.17) is 0 Å². The van der Waals surface area contributed by atoms with Gasteiger partial charge in [0.1, 0.15) is 6.04 Å². The second-order valence-electron chi connectivity index (χ2n) is 10.1. The first kappa shape index (κ1) is 30.2. The van der Waals surface area contributed by atoms with E-state index in [1.807, 2.05) is 58.9 Å². The average Bonchev–Trinajstić information content (AvgIpc) is 2.77. The Hall–Kier alpha value is -3.01. The minimum Gasteiger partial charge on any atom is -0.350 e.